The molecule has 3 nitrogen and oxygen atoms in total. The topological polar surface area (TPSA) is 14.8 Å². The molecule has 0 aliphatic rings. The Hall–Kier alpha value is -7.88. The smallest absolute Gasteiger partial charge is 0.0549 e. The molecule has 0 atom stereocenters. The number of rotatable bonds is 4. The summed E-state index contributed by atoms with van der Waals surface area (Å²) in [4.78, 5) is 0. The molecule has 0 amide bonds. The van der Waals surface area contributed by atoms with Crippen LogP contribution in [0.1, 0.15) is 0 Å². The molecule has 0 aliphatic carbocycles. The first kappa shape index (κ1) is 32.2. The van der Waals surface area contributed by atoms with Gasteiger partial charge >= 0.3 is 0 Å². The van der Waals surface area contributed by atoms with Crippen molar-refractivity contribution in [2.24, 2.45) is 0 Å². The van der Waals surface area contributed by atoms with E-state index in [0.29, 0.717) is 0 Å². The van der Waals surface area contributed by atoms with Gasteiger partial charge < -0.3 is 13.7 Å². The zero-order chi connectivity index (χ0) is 38.6. The first-order chi connectivity index (χ1) is 29.3. The maximum Gasteiger partial charge on any atom is 0.0549 e. The lowest BCUT2D eigenvalue weighted by Gasteiger charge is -2.12. The molecule has 10 aromatic carbocycles. The van der Waals surface area contributed by atoms with Crippen LogP contribution in [0, 0.1) is 0 Å². The van der Waals surface area contributed by atoms with Gasteiger partial charge in [0.15, 0.2) is 0 Å². The second kappa shape index (κ2) is 12.3. The normalized spacial score (nSPS) is 12.1. The van der Waals surface area contributed by atoms with Crippen molar-refractivity contribution in [3.8, 4) is 28.2 Å². The van der Waals surface area contributed by atoms with Crippen molar-refractivity contribution in [3.05, 3.63) is 212 Å². The fourth-order valence-corrected chi connectivity index (χ4v) is 9.99. The number of aromatic nitrogens is 3. The summed E-state index contributed by atoms with van der Waals surface area (Å²) >= 11 is 0. The molecular weight excluding hydrogens is 715 g/mol. The van der Waals surface area contributed by atoms with Crippen molar-refractivity contribution < 1.29 is 0 Å². The number of hydrogen-bond acceptors (Lipinski definition) is 0. The van der Waals surface area contributed by atoms with Crippen LogP contribution < -0.4 is 0 Å². The SMILES string of the molecule is c1ccc(-n2c3ccccc3c3cc4c(cc32)c2cc(-c3ccc5c(c3)c3ccccc3n5-c3cccc5ccccc35)ccc2n4-c2cccc3ccccc23)cc1. The van der Waals surface area contributed by atoms with Crippen molar-refractivity contribution in [1.29, 1.82) is 0 Å². The van der Waals surface area contributed by atoms with Gasteiger partial charge in [-0.3, -0.25) is 0 Å². The quantitative estimate of drug-likeness (QED) is 0.170. The van der Waals surface area contributed by atoms with E-state index in [1.54, 1.807) is 0 Å². The Labute approximate surface area is 339 Å². The highest BCUT2D eigenvalue weighted by molar-refractivity contribution is 6.20. The molecule has 0 bridgehead atoms. The van der Waals surface area contributed by atoms with E-state index in [1.165, 1.54) is 109 Å². The second-order valence-electron chi connectivity index (χ2n) is 15.7. The van der Waals surface area contributed by atoms with Gasteiger partial charge in [0.25, 0.3) is 0 Å². The van der Waals surface area contributed by atoms with Gasteiger partial charge in [0, 0.05) is 48.8 Å². The average molecular weight is 750 g/mol. The molecule has 3 heteroatoms. The van der Waals surface area contributed by atoms with Crippen molar-refractivity contribution >= 4 is 87.0 Å². The predicted molar refractivity (Wildman–Crippen MR) is 250 cm³/mol. The molecule has 59 heavy (non-hydrogen) atoms. The standard InChI is InChI=1S/C56H35N3/c1-2-18-40(19-3-1)57-51-24-10-8-23-44(51)47-34-56-48(35-55(47)57)46-33-39(29-31-54(46)59(56)50-27-13-17-37-15-5-7-21-42(37)50)38-28-30-53-45(32-38)43-22-9-11-25-52(43)58(53)49-26-12-16-36-14-4-6-20-41(36)49/h1-35H. The lowest BCUT2D eigenvalue weighted by Crippen LogP contribution is -1.96. The number of hydrogen-bond donors (Lipinski definition) is 0. The molecule has 0 saturated carbocycles. The molecule has 0 radical (unpaired) electrons. The second-order valence-corrected chi connectivity index (χ2v) is 15.7. The van der Waals surface area contributed by atoms with Crippen molar-refractivity contribution in [3.63, 3.8) is 0 Å². The molecule has 0 N–H and O–H groups in total. The number of fused-ring (bicyclic) bond motifs is 11. The lowest BCUT2D eigenvalue weighted by atomic mass is 10.00. The molecule has 0 unspecified atom stereocenters. The summed E-state index contributed by atoms with van der Waals surface area (Å²) in [6.07, 6.45) is 0. The first-order valence-electron chi connectivity index (χ1n) is 20.4. The van der Waals surface area contributed by atoms with E-state index < -0.39 is 0 Å². The summed E-state index contributed by atoms with van der Waals surface area (Å²) in [5.41, 5.74) is 13.2. The molecule has 0 aliphatic heterocycles. The van der Waals surface area contributed by atoms with Crippen molar-refractivity contribution in [2.75, 3.05) is 0 Å². The zero-order valence-electron chi connectivity index (χ0n) is 32.0. The van der Waals surface area contributed by atoms with Gasteiger partial charge in [-0.15, -0.1) is 0 Å². The van der Waals surface area contributed by atoms with E-state index in [9.17, 15) is 0 Å². The molecule has 3 heterocycles. The van der Waals surface area contributed by atoms with Gasteiger partial charge in [-0.05, 0) is 94.7 Å². The van der Waals surface area contributed by atoms with Crippen LogP contribution in [0.25, 0.3) is 115 Å². The van der Waals surface area contributed by atoms with Gasteiger partial charge in [0.2, 0.25) is 0 Å². The van der Waals surface area contributed by atoms with Crippen LogP contribution in [0.15, 0.2) is 212 Å². The van der Waals surface area contributed by atoms with Crippen molar-refractivity contribution in [1.82, 2.24) is 13.7 Å². The fourth-order valence-electron chi connectivity index (χ4n) is 9.99. The third-order valence-corrected chi connectivity index (χ3v) is 12.6. The number of nitrogens with zero attached hydrogens (tertiary/aromatic N) is 3. The molecule has 274 valence electrons. The molecule has 0 fully saturated rings. The Morgan fingerprint density at radius 1 is 0.220 bits per heavy atom. The maximum absolute atomic E-state index is 2.49. The van der Waals surface area contributed by atoms with Gasteiger partial charge in [-0.2, -0.15) is 0 Å². The number of benzene rings is 10. The Morgan fingerprint density at radius 3 is 1.20 bits per heavy atom. The molecule has 13 rings (SSSR count). The highest BCUT2D eigenvalue weighted by Crippen LogP contribution is 2.43. The van der Waals surface area contributed by atoms with Crippen LogP contribution in [0.3, 0.4) is 0 Å². The Morgan fingerprint density at radius 2 is 0.610 bits per heavy atom. The van der Waals surface area contributed by atoms with Gasteiger partial charge in [-0.1, -0.05) is 140 Å². The Balaban J connectivity index is 1.09. The van der Waals surface area contributed by atoms with E-state index in [4.69, 9.17) is 0 Å². The highest BCUT2D eigenvalue weighted by Gasteiger charge is 2.21. The zero-order valence-corrected chi connectivity index (χ0v) is 32.0. The van der Waals surface area contributed by atoms with Crippen LogP contribution in [0.2, 0.25) is 0 Å². The van der Waals surface area contributed by atoms with Gasteiger partial charge in [0.1, 0.15) is 0 Å². The molecule has 0 spiro atoms. The van der Waals surface area contributed by atoms with E-state index >= 15 is 0 Å². The van der Waals surface area contributed by atoms with Gasteiger partial charge in [-0.25, -0.2) is 0 Å². The van der Waals surface area contributed by atoms with E-state index in [2.05, 4.69) is 226 Å². The molecule has 13 aromatic rings. The predicted octanol–water partition coefficient (Wildman–Crippen LogP) is 15.0. The summed E-state index contributed by atoms with van der Waals surface area (Å²) < 4.78 is 7.36. The molecular formula is C56H35N3. The monoisotopic (exact) mass is 749 g/mol. The number of para-hydroxylation sites is 3. The summed E-state index contributed by atoms with van der Waals surface area (Å²) in [6, 6.07) is 78.1. The third-order valence-electron chi connectivity index (χ3n) is 12.6. The van der Waals surface area contributed by atoms with Crippen LogP contribution in [-0.2, 0) is 0 Å². The summed E-state index contributed by atoms with van der Waals surface area (Å²) in [6.45, 7) is 0. The minimum absolute atomic E-state index is 1.16. The Kier molecular flexibility index (Phi) is 6.72. The van der Waals surface area contributed by atoms with Crippen LogP contribution in [-0.4, -0.2) is 13.7 Å². The molecule has 3 aromatic heterocycles. The van der Waals surface area contributed by atoms with Crippen LogP contribution in [0.5, 0.6) is 0 Å². The van der Waals surface area contributed by atoms with E-state index in [-0.39, 0.29) is 0 Å². The summed E-state index contributed by atoms with van der Waals surface area (Å²) in [5, 5.41) is 12.4. The summed E-state index contributed by atoms with van der Waals surface area (Å²) in [5.74, 6) is 0. The minimum Gasteiger partial charge on any atom is -0.309 e. The highest BCUT2D eigenvalue weighted by atomic mass is 15.0. The fraction of sp³-hybridized carbons (Fsp3) is 0. The summed E-state index contributed by atoms with van der Waals surface area (Å²) in [7, 11) is 0. The minimum atomic E-state index is 1.16. The first-order valence-corrected chi connectivity index (χ1v) is 20.4. The average Bonchev–Trinajstić information content (AvgIpc) is 3.92. The third kappa shape index (κ3) is 4.64. The van der Waals surface area contributed by atoms with Crippen molar-refractivity contribution in [2.45, 2.75) is 0 Å². The van der Waals surface area contributed by atoms with E-state index in [0.717, 1.165) is 5.69 Å². The van der Waals surface area contributed by atoms with Gasteiger partial charge in [0.05, 0.1) is 44.5 Å². The lowest BCUT2D eigenvalue weighted by molar-refractivity contribution is 1.18. The van der Waals surface area contributed by atoms with Crippen LogP contribution in [0.4, 0.5) is 0 Å². The maximum atomic E-state index is 2.49. The Bertz CT molecular complexity index is 3830. The largest absolute Gasteiger partial charge is 0.309 e. The van der Waals surface area contributed by atoms with Crippen LogP contribution >= 0.6 is 0 Å². The van der Waals surface area contributed by atoms with E-state index in [1.807, 2.05) is 0 Å². The molecule has 0 saturated heterocycles.